The van der Waals surface area contributed by atoms with Crippen LogP contribution in [-0.2, 0) is 25.6 Å². The summed E-state index contributed by atoms with van der Waals surface area (Å²) in [7, 11) is 0. The van der Waals surface area contributed by atoms with E-state index in [2.05, 4.69) is 25.3 Å². The number of halogens is 1. The summed E-state index contributed by atoms with van der Waals surface area (Å²) in [5.74, 6) is 0.491. The molecular formula is C46H59ClN2O11. The maximum atomic E-state index is 14.6. The molecular weight excluding hydrogens is 792 g/mol. The van der Waals surface area contributed by atoms with Crippen LogP contribution >= 0.6 is 11.6 Å². The fourth-order valence-electron chi connectivity index (χ4n) is 9.56. The maximum absolute atomic E-state index is 14.6. The summed E-state index contributed by atoms with van der Waals surface area (Å²) in [6.45, 7) is 9.30. The Morgan fingerprint density at radius 1 is 0.983 bits per heavy atom. The normalized spacial score (nSPS) is 26.9. The number of unbranched alkanes of at least 4 members (excludes halogenated alkanes) is 2. The van der Waals surface area contributed by atoms with Gasteiger partial charge in [0.2, 0.25) is 18.9 Å². The van der Waals surface area contributed by atoms with E-state index in [1.54, 1.807) is 17.1 Å². The van der Waals surface area contributed by atoms with Crippen LogP contribution in [0.2, 0.25) is 0 Å². The fraction of sp³-hybridized carbons (Fsp3) is 0.565. The second-order valence-electron chi connectivity index (χ2n) is 15.9. The number of ether oxygens (including phenoxy) is 7. The Morgan fingerprint density at radius 3 is 2.55 bits per heavy atom. The number of alkyl halides is 1. The van der Waals surface area contributed by atoms with Crippen LogP contribution in [0.15, 0.2) is 78.5 Å². The summed E-state index contributed by atoms with van der Waals surface area (Å²) in [5, 5.41) is 24.8. The third-order valence-corrected chi connectivity index (χ3v) is 12.3. The van der Waals surface area contributed by atoms with Crippen LogP contribution in [-0.4, -0.2) is 97.4 Å². The van der Waals surface area contributed by atoms with Crippen molar-refractivity contribution in [2.24, 2.45) is 22.9 Å². The Hall–Kier alpha value is -4.27. The highest BCUT2D eigenvalue weighted by Gasteiger charge is 2.65. The Balaban J connectivity index is 1.44. The molecule has 2 aliphatic carbocycles. The van der Waals surface area contributed by atoms with Gasteiger partial charge in [0, 0.05) is 44.1 Å². The topological polar surface area (TPSA) is 147 Å². The number of carbonyl (C=O) groups excluding carboxylic acids is 1. The van der Waals surface area contributed by atoms with Gasteiger partial charge >= 0.3 is 6.09 Å². The van der Waals surface area contributed by atoms with E-state index in [0.29, 0.717) is 61.2 Å². The molecule has 60 heavy (non-hydrogen) atoms. The minimum Gasteiger partial charge on any atom is -0.490 e. The monoisotopic (exact) mass is 850 g/mol. The molecule has 14 heteroatoms. The molecule has 7 rings (SSSR count). The lowest BCUT2D eigenvalue weighted by Crippen LogP contribution is -2.70. The second kappa shape index (κ2) is 21.0. The molecule has 3 heterocycles. The molecule has 0 radical (unpaired) electrons. The highest BCUT2D eigenvalue weighted by atomic mass is 35.5. The second-order valence-corrected chi connectivity index (χ2v) is 16.3. The fourth-order valence-corrected chi connectivity index (χ4v) is 9.63. The van der Waals surface area contributed by atoms with Crippen LogP contribution in [0.25, 0.3) is 0 Å². The van der Waals surface area contributed by atoms with E-state index < -0.39 is 30.1 Å². The Labute approximate surface area is 357 Å². The van der Waals surface area contributed by atoms with Crippen LogP contribution in [0.4, 0.5) is 4.79 Å². The molecule has 1 amide bonds. The van der Waals surface area contributed by atoms with Crippen molar-refractivity contribution >= 4 is 23.4 Å². The zero-order chi connectivity index (χ0) is 41.9. The van der Waals surface area contributed by atoms with Crippen molar-refractivity contribution in [3.63, 3.8) is 0 Å². The number of rotatable bonds is 21. The smallest absolute Gasteiger partial charge is 0.410 e. The molecule has 2 aromatic rings. The summed E-state index contributed by atoms with van der Waals surface area (Å²) >= 11 is 6.11. The maximum Gasteiger partial charge on any atom is 0.410 e. The first-order valence-electron chi connectivity index (χ1n) is 21.4. The number of carbonyl (C=O) groups is 1. The molecule has 2 fully saturated rings. The lowest BCUT2D eigenvalue weighted by atomic mass is 9.55. The minimum atomic E-state index is -1.48. The van der Waals surface area contributed by atoms with E-state index in [1.165, 1.54) is 0 Å². The Bertz CT molecular complexity index is 1850. The number of hydrogen-bond donors (Lipinski definition) is 2. The van der Waals surface area contributed by atoms with Crippen molar-refractivity contribution in [2.45, 2.75) is 94.8 Å². The third-order valence-electron chi connectivity index (χ3n) is 12.1. The van der Waals surface area contributed by atoms with Crippen molar-refractivity contribution in [2.75, 3.05) is 52.3 Å². The van der Waals surface area contributed by atoms with Crippen molar-refractivity contribution < 1.29 is 53.0 Å². The zero-order valence-corrected chi connectivity index (χ0v) is 35.1. The van der Waals surface area contributed by atoms with Crippen LogP contribution < -0.4 is 18.9 Å². The number of aliphatic hydroxyl groups excluding tert-OH is 2. The zero-order valence-electron chi connectivity index (χ0n) is 34.4. The lowest BCUT2D eigenvalue weighted by molar-refractivity contribution is -0.256. The van der Waals surface area contributed by atoms with Crippen molar-refractivity contribution in [3.8, 4) is 23.0 Å². The SMILES string of the molecule is C=CCOc1ccc2c(c1)C1C(CCCCO)C(CCCCO)C=C3C(=NOC4CCCCO4)CC(N(Cc4ccc5c(c4)OCO5)C(=O)OCCCl)C(OCC=C)(O2)C31. The van der Waals surface area contributed by atoms with E-state index in [0.717, 1.165) is 55.2 Å². The molecule has 7 unspecified atom stereocenters. The van der Waals surface area contributed by atoms with E-state index >= 15 is 0 Å². The minimum absolute atomic E-state index is 0.00876. The number of aliphatic hydroxyl groups is 2. The van der Waals surface area contributed by atoms with Gasteiger partial charge in [-0.1, -0.05) is 48.9 Å². The van der Waals surface area contributed by atoms with E-state index in [1.807, 2.05) is 30.3 Å². The molecule has 3 aliphatic heterocycles. The highest BCUT2D eigenvalue weighted by Crippen LogP contribution is 2.62. The summed E-state index contributed by atoms with van der Waals surface area (Å²) in [6, 6.07) is 10.6. The number of fused-ring (bicyclic) bond motifs is 3. The van der Waals surface area contributed by atoms with Crippen molar-refractivity contribution in [1.29, 1.82) is 0 Å². The third kappa shape index (κ3) is 9.60. The highest BCUT2D eigenvalue weighted by molar-refractivity contribution is 6.18. The van der Waals surface area contributed by atoms with Crippen LogP contribution in [0.3, 0.4) is 0 Å². The molecule has 326 valence electrons. The van der Waals surface area contributed by atoms with Gasteiger partial charge < -0.3 is 48.2 Å². The molecule has 0 aromatic heterocycles. The van der Waals surface area contributed by atoms with Crippen LogP contribution in [0.5, 0.6) is 23.0 Å². The summed E-state index contributed by atoms with van der Waals surface area (Å²) < 4.78 is 43.7. The molecule has 1 saturated heterocycles. The predicted molar refractivity (Wildman–Crippen MR) is 226 cm³/mol. The van der Waals surface area contributed by atoms with Crippen LogP contribution in [0.1, 0.15) is 81.3 Å². The largest absolute Gasteiger partial charge is 0.490 e. The quantitative estimate of drug-likeness (QED) is 0.0545. The Morgan fingerprint density at radius 2 is 1.78 bits per heavy atom. The molecule has 2 N–H and O–H groups in total. The summed E-state index contributed by atoms with van der Waals surface area (Å²) in [5.41, 5.74) is 3.31. The van der Waals surface area contributed by atoms with Gasteiger partial charge in [0.15, 0.2) is 11.5 Å². The number of nitrogens with zero attached hydrogens (tertiary/aromatic N) is 2. The molecule has 2 aromatic carbocycles. The van der Waals surface area contributed by atoms with Gasteiger partial charge in [0.05, 0.1) is 30.7 Å². The number of allylic oxidation sites excluding steroid dienone is 1. The Kier molecular flexibility index (Phi) is 15.3. The molecule has 0 spiro atoms. The van der Waals surface area contributed by atoms with Gasteiger partial charge in [-0.2, -0.15) is 0 Å². The van der Waals surface area contributed by atoms with E-state index in [9.17, 15) is 15.0 Å². The van der Waals surface area contributed by atoms with Gasteiger partial charge in [0.25, 0.3) is 0 Å². The van der Waals surface area contributed by atoms with E-state index in [-0.39, 0.29) is 69.8 Å². The van der Waals surface area contributed by atoms with Crippen molar-refractivity contribution in [3.05, 3.63) is 84.5 Å². The van der Waals surface area contributed by atoms with E-state index in [4.69, 9.17) is 54.8 Å². The van der Waals surface area contributed by atoms with Gasteiger partial charge in [-0.3, -0.25) is 4.90 Å². The molecule has 1 saturated carbocycles. The van der Waals surface area contributed by atoms with Crippen LogP contribution in [0, 0.1) is 17.8 Å². The first kappa shape index (κ1) is 43.8. The summed E-state index contributed by atoms with van der Waals surface area (Å²) in [4.78, 5) is 22.5. The van der Waals surface area contributed by atoms with Gasteiger partial charge in [-0.05, 0) is 91.8 Å². The predicted octanol–water partition coefficient (Wildman–Crippen LogP) is 8.02. The van der Waals surface area contributed by atoms with Crippen molar-refractivity contribution in [1.82, 2.24) is 4.90 Å². The first-order valence-corrected chi connectivity index (χ1v) is 22.0. The van der Waals surface area contributed by atoms with Gasteiger partial charge in [0.1, 0.15) is 30.8 Å². The number of hydrogen-bond acceptors (Lipinski definition) is 12. The lowest BCUT2D eigenvalue weighted by Gasteiger charge is -2.59. The van der Waals surface area contributed by atoms with Gasteiger partial charge in [-0.25, -0.2) is 4.79 Å². The average Bonchev–Trinajstić information content (AvgIpc) is 3.75. The number of amides is 1. The van der Waals surface area contributed by atoms with Gasteiger partial charge in [-0.15, -0.1) is 18.2 Å². The number of benzene rings is 2. The standard InChI is InChI=1S/C46H59ClN2O11/c1-3-21-53-33-15-17-38-36(27-33)43-34(12-6-9-20-51)32(11-5-8-19-50)26-35-37(48-60-42-13-7-10-23-54-42)28-41(46(59-38,44(35)43)58-22-4-2)49(45(52)55-24-18-47)29-31-14-16-39-40(25-31)57-30-56-39/h3-4,14-17,25-27,32,34,41-44,50-51H,1-2,5-13,18-24,28-30H2. The first-order chi connectivity index (χ1) is 29.4. The molecule has 7 atom stereocenters. The average molecular weight is 851 g/mol. The molecule has 13 nitrogen and oxygen atoms in total. The number of oxime groups is 1. The molecule has 0 bridgehead atoms. The molecule has 5 aliphatic rings. The summed E-state index contributed by atoms with van der Waals surface area (Å²) in [6.07, 6.45) is 12.0.